The molecule has 0 atom stereocenters. The molecule has 12 fully saturated rings. The lowest BCUT2D eigenvalue weighted by Crippen LogP contribution is -2.43. The average Bonchev–Trinajstić information content (AvgIpc) is 1.58. The van der Waals surface area contributed by atoms with Crippen LogP contribution in [0.1, 0.15) is 110 Å². The summed E-state index contributed by atoms with van der Waals surface area (Å²) >= 11 is 54.2. The smallest absolute Gasteiger partial charge is 0.349 e. The number of amides is 12. The maximum atomic E-state index is 14.7. The zero-order chi connectivity index (χ0) is 96.1. The van der Waals surface area contributed by atoms with Gasteiger partial charge in [-0.05, 0) is 146 Å². The van der Waals surface area contributed by atoms with Gasteiger partial charge in [0, 0.05) is 99.3 Å². The van der Waals surface area contributed by atoms with Crippen molar-refractivity contribution < 1.29 is 50.8 Å². The number of oxazole rings is 3. The summed E-state index contributed by atoms with van der Waals surface area (Å²) in [5, 5.41) is 27.2. The molecule has 708 valence electrons. The van der Waals surface area contributed by atoms with Crippen LogP contribution < -0.4 is 29.4 Å². The van der Waals surface area contributed by atoms with E-state index >= 15 is 0 Å². The molecule has 12 aromatic rings. The van der Waals surface area contributed by atoms with Gasteiger partial charge >= 0.3 is 36.2 Å². The molecule has 0 spiro atoms. The summed E-state index contributed by atoms with van der Waals surface area (Å²) < 4.78 is 48.5. The summed E-state index contributed by atoms with van der Waals surface area (Å²) in [6.45, 7) is 43.7. The van der Waals surface area contributed by atoms with Crippen LogP contribution in [0, 0.1) is 53.2 Å². The number of urea groups is 6. The van der Waals surface area contributed by atoms with Gasteiger partial charge in [0.25, 0.3) is 0 Å². The van der Waals surface area contributed by atoms with E-state index in [9.17, 15) is 37.5 Å². The third-order valence-electron chi connectivity index (χ3n) is 24.7. The molecule has 6 aromatic carbocycles. The largest absolute Gasteiger partial charge is 0.439 e. The third-order valence-corrected chi connectivity index (χ3v) is 29.9. The molecule has 46 heteroatoms. The molecule has 12 aliphatic rings. The van der Waals surface area contributed by atoms with Crippen LogP contribution in [-0.2, 0) is 0 Å². The molecule has 0 saturated carbocycles. The fourth-order valence-electron chi connectivity index (χ4n) is 18.6. The van der Waals surface area contributed by atoms with E-state index < -0.39 is 11.6 Å². The minimum Gasteiger partial charge on any atom is -0.439 e. The minimum atomic E-state index is -0.644. The van der Waals surface area contributed by atoms with Crippen LogP contribution in [0.2, 0.25) is 40.2 Å². The summed E-state index contributed by atoms with van der Waals surface area (Å²) in [6, 6.07) is 11.7. The Balaban J connectivity index is 0.000000105. The van der Waals surface area contributed by atoms with Gasteiger partial charge in [-0.25, -0.2) is 127 Å². The number of rotatable bonds is 6. The fraction of sp³-hybridized carbons (Fsp3) is 0.333. The van der Waals surface area contributed by atoms with Crippen LogP contribution in [0.25, 0.3) is 63.9 Å². The van der Waals surface area contributed by atoms with Crippen molar-refractivity contribution in [3.8, 4) is 0 Å². The number of aromatic nitrogens is 6. The van der Waals surface area contributed by atoms with E-state index in [0.717, 1.165) is 151 Å². The van der Waals surface area contributed by atoms with Crippen molar-refractivity contribution in [2.75, 3.05) is 108 Å². The molecule has 33 nitrogen and oxygen atoms in total. The Labute approximate surface area is 829 Å². The predicted molar refractivity (Wildman–Crippen MR) is 527 cm³/mol. The number of fused-ring (bicyclic) bond motifs is 12. The number of halogens is 10. The molecule has 0 aliphatic carbocycles. The molecule has 0 bridgehead atoms. The summed E-state index contributed by atoms with van der Waals surface area (Å²) in [7, 11) is 0. The second kappa shape index (κ2) is 36.7. The summed E-state index contributed by atoms with van der Waals surface area (Å²) in [6.07, 6.45) is 11.9. The second-order valence-electron chi connectivity index (χ2n) is 33.3. The highest BCUT2D eigenvalue weighted by Gasteiger charge is 2.50. The van der Waals surface area contributed by atoms with Crippen molar-refractivity contribution in [2.45, 2.75) is 119 Å². The minimum absolute atomic E-state index is 0.00870. The van der Waals surface area contributed by atoms with Gasteiger partial charge in [0.2, 0.25) is 0 Å². The average molecular weight is 2070 g/mol. The van der Waals surface area contributed by atoms with Gasteiger partial charge in [0.05, 0.1) is 86.4 Å². The van der Waals surface area contributed by atoms with Crippen LogP contribution in [0.15, 0.2) is 136 Å². The zero-order valence-corrected chi connectivity index (χ0v) is 82.7. The molecule has 0 N–H and O–H groups in total. The Morgan fingerprint density at radius 2 is 0.522 bits per heavy atom. The fourth-order valence-corrected chi connectivity index (χ4v) is 23.7. The predicted octanol–water partition coefficient (Wildman–Crippen LogP) is 24.1. The lowest BCUT2D eigenvalue weighted by Gasteiger charge is -2.32. The van der Waals surface area contributed by atoms with Crippen molar-refractivity contribution in [3.63, 3.8) is 0 Å². The van der Waals surface area contributed by atoms with Gasteiger partial charge in [-0.2, -0.15) is 0 Å². The molecule has 6 aromatic heterocycles. The van der Waals surface area contributed by atoms with E-state index in [1.54, 1.807) is 112 Å². The molecule has 18 heterocycles. The van der Waals surface area contributed by atoms with Crippen LogP contribution in [0.3, 0.4) is 0 Å². The molecule has 136 heavy (non-hydrogen) atoms. The van der Waals surface area contributed by atoms with E-state index in [-0.39, 0.29) is 63.2 Å². The van der Waals surface area contributed by atoms with Crippen molar-refractivity contribution >= 4 is 261 Å². The number of hydrogen-bond acceptors (Lipinski definition) is 24. The second-order valence-corrected chi connectivity index (χ2v) is 40.1. The summed E-state index contributed by atoms with van der Waals surface area (Å²) in [5.74, 6) is 3.57. The van der Waals surface area contributed by atoms with Crippen LogP contribution in [0.5, 0.6) is 0 Å². The third kappa shape index (κ3) is 16.0. The Hall–Kier alpha value is -11.6. The Kier molecular flexibility index (Phi) is 25.2. The van der Waals surface area contributed by atoms with Gasteiger partial charge in [-0.3, -0.25) is 30.1 Å². The van der Waals surface area contributed by atoms with Gasteiger partial charge < -0.3 is 13.3 Å². The normalized spacial score (nSPS) is 18.4. The number of hydrogen-bond donors (Lipinski definition) is 0. The van der Waals surface area contributed by atoms with E-state index in [0.29, 0.717) is 189 Å². The first kappa shape index (κ1) is 93.5. The number of thiazole rings is 3. The number of carbonyl (C=O) groups is 6. The zero-order valence-electron chi connectivity index (χ0n) is 74.2. The van der Waals surface area contributed by atoms with Crippen molar-refractivity contribution in [3.05, 3.63) is 207 Å². The van der Waals surface area contributed by atoms with Crippen molar-refractivity contribution in [1.82, 2.24) is 90.0 Å². The molecular weight excluding hydrogens is 1980 g/mol. The number of anilines is 6. The quantitative estimate of drug-likeness (QED) is 0.149. The number of carbonyl (C=O) groups excluding carboxylic acids is 6. The van der Waals surface area contributed by atoms with Crippen molar-refractivity contribution in [2.24, 2.45) is 0 Å². The standard InChI is InChI=1S/C15H14Cl2N4O2.C15H14Cl2N4OS.C15H14ClFN4O2.C15H14ClFN4OS.C15H15ClN4O2.C15H15ClN4OS/c4*1-8-18-12-10(16)7-11(17)13(14(12)23-8)21-9(2)19-5-3-4-6-20(19)15(21)22;2*1-9-17-13-11(16)5-6-12(14(13)22-9)20-10(2)18-7-3-4-8-19(18)15(20)21/h4*7H,2-6H2,1H3;2*5-6H,2-4,7-8H2,1H3. The van der Waals surface area contributed by atoms with E-state index in [1.165, 1.54) is 43.4 Å². The Morgan fingerprint density at radius 3 is 0.912 bits per heavy atom. The molecule has 24 rings (SSSR count). The first-order chi connectivity index (χ1) is 65.1. The number of benzene rings is 6. The van der Waals surface area contributed by atoms with E-state index in [4.69, 9.17) is 106 Å². The molecule has 12 saturated heterocycles. The summed E-state index contributed by atoms with van der Waals surface area (Å²) in [4.78, 5) is 112. The SMILES string of the molecule is C=C1N(c2c(Cl)cc(Cl)c3nc(C)oc23)C(=O)N2CCCCN12.C=C1N(c2c(Cl)cc(Cl)c3nc(C)sc23)C(=O)N2CCCCN12.C=C1N(c2c(F)cc(Cl)c3nc(C)oc23)C(=O)N2CCCCN12.C=C1N(c2c(F)cc(Cl)c3nc(C)sc23)C(=O)N2CCCCN12.C=C1N(c2ccc(Cl)c3nc(C)oc23)C(=O)N2CCCCN12.C=C1N(c2ccc(Cl)c3nc(C)sc23)C(=O)N2CCCCN12. The molecule has 12 amide bonds. The number of hydrazine groups is 6. The lowest BCUT2D eigenvalue weighted by molar-refractivity contribution is 0.0499. The molecule has 12 aliphatic heterocycles. The highest BCUT2D eigenvalue weighted by Crippen LogP contribution is 2.51. The monoisotopic (exact) mass is 2060 g/mol. The maximum absolute atomic E-state index is 14.7. The highest BCUT2D eigenvalue weighted by atomic mass is 35.5. The topological polar surface area (TPSA) is 278 Å². The van der Waals surface area contributed by atoms with Gasteiger partial charge in [-0.1, -0.05) is 132 Å². The van der Waals surface area contributed by atoms with Crippen LogP contribution in [0.4, 0.5) is 71.7 Å². The molecule has 0 radical (unpaired) electrons. The van der Waals surface area contributed by atoms with Crippen LogP contribution >= 0.6 is 127 Å². The number of aryl methyl sites for hydroxylation is 6. The lowest BCUT2D eigenvalue weighted by atomic mass is 10.2. The molecular formula is C90H86Cl8F2N24O9S3. The Morgan fingerprint density at radius 1 is 0.272 bits per heavy atom. The van der Waals surface area contributed by atoms with Gasteiger partial charge in [0.15, 0.2) is 46.1 Å². The van der Waals surface area contributed by atoms with Crippen LogP contribution in [-0.4, -0.2) is 205 Å². The summed E-state index contributed by atoms with van der Waals surface area (Å²) in [5.41, 5.74) is 7.12. The van der Waals surface area contributed by atoms with Crippen molar-refractivity contribution in [1.29, 1.82) is 0 Å². The van der Waals surface area contributed by atoms with Gasteiger partial charge in [0.1, 0.15) is 85.1 Å². The first-order valence-electron chi connectivity index (χ1n) is 43.7. The highest BCUT2D eigenvalue weighted by molar-refractivity contribution is 7.20. The van der Waals surface area contributed by atoms with E-state index in [2.05, 4.69) is 69.4 Å². The first-order valence-corrected chi connectivity index (χ1v) is 49.2. The maximum Gasteiger partial charge on any atom is 0.349 e. The number of nitrogens with zero attached hydrogens (tertiary/aromatic N) is 24. The Bertz CT molecular complexity index is 6310. The molecule has 0 unspecified atom stereocenters. The van der Waals surface area contributed by atoms with E-state index in [1.807, 2.05) is 51.9 Å². The van der Waals surface area contributed by atoms with Gasteiger partial charge in [-0.15, -0.1) is 34.0 Å².